The summed E-state index contributed by atoms with van der Waals surface area (Å²) < 4.78 is 11.6. The molecule has 0 radical (unpaired) electrons. The third-order valence-corrected chi connectivity index (χ3v) is 4.35. The van der Waals surface area contributed by atoms with Crippen LogP contribution in [0.15, 0.2) is 16.6 Å². The zero-order valence-corrected chi connectivity index (χ0v) is 13.6. The van der Waals surface area contributed by atoms with Crippen LogP contribution >= 0.6 is 15.9 Å². The summed E-state index contributed by atoms with van der Waals surface area (Å²) in [5.74, 6) is 0. The molecule has 3 N–H and O–H groups in total. The van der Waals surface area contributed by atoms with E-state index in [1.807, 2.05) is 0 Å². The number of hydrogen-bond acceptors (Lipinski definition) is 4. The van der Waals surface area contributed by atoms with Gasteiger partial charge in [-0.2, -0.15) is 0 Å². The van der Waals surface area contributed by atoms with Crippen LogP contribution in [0.3, 0.4) is 0 Å². The molecule has 108 valence electrons. The highest BCUT2D eigenvalue weighted by atomic mass is 79.9. The predicted octanol–water partition coefficient (Wildman–Crippen LogP) is 2.81. The van der Waals surface area contributed by atoms with Crippen molar-refractivity contribution in [3.05, 3.63) is 27.7 Å². The van der Waals surface area contributed by atoms with Gasteiger partial charge in [0.05, 0.1) is 0 Å². The van der Waals surface area contributed by atoms with E-state index in [-0.39, 0.29) is 12.3 Å². The van der Waals surface area contributed by atoms with Gasteiger partial charge in [0, 0.05) is 43.4 Å². The molecule has 0 spiro atoms. The third kappa shape index (κ3) is 4.76. The van der Waals surface area contributed by atoms with Crippen molar-refractivity contribution in [3.8, 4) is 0 Å². The first-order chi connectivity index (χ1) is 9.01. The van der Waals surface area contributed by atoms with Gasteiger partial charge in [-0.3, -0.25) is 0 Å². The molecule has 19 heavy (non-hydrogen) atoms. The molecule has 0 heterocycles. The number of nitrogens with one attached hydrogen (secondary N) is 1. The Labute approximate surface area is 123 Å². The largest absolute Gasteiger partial charge is 0.381 e. The van der Waals surface area contributed by atoms with Crippen LogP contribution in [0.5, 0.6) is 0 Å². The third-order valence-electron chi connectivity index (χ3n) is 3.09. The maximum atomic E-state index is 5.80. The monoisotopic (exact) mass is 330 g/mol. The van der Waals surface area contributed by atoms with E-state index in [9.17, 15) is 0 Å². The molecular formula is C14H23BrN2O2. The topological polar surface area (TPSA) is 56.5 Å². The van der Waals surface area contributed by atoms with E-state index in [1.54, 1.807) is 14.2 Å². The number of anilines is 1. The fourth-order valence-electron chi connectivity index (χ4n) is 2.00. The SMILES string of the molecule is COC(CC(CN)Nc1cc(C)c(Br)c(C)c1)OC. The highest BCUT2D eigenvalue weighted by Gasteiger charge is 2.15. The molecular weight excluding hydrogens is 308 g/mol. The molecule has 0 aliphatic heterocycles. The Morgan fingerprint density at radius 3 is 2.16 bits per heavy atom. The molecule has 5 heteroatoms. The number of aryl methyl sites for hydroxylation is 2. The van der Waals surface area contributed by atoms with Crippen molar-refractivity contribution in [2.24, 2.45) is 5.73 Å². The normalized spacial score (nSPS) is 12.8. The van der Waals surface area contributed by atoms with Crippen molar-refractivity contribution >= 4 is 21.6 Å². The highest BCUT2D eigenvalue weighted by Crippen LogP contribution is 2.25. The lowest BCUT2D eigenvalue weighted by Gasteiger charge is -2.23. The number of methoxy groups -OCH3 is 2. The van der Waals surface area contributed by atoms with Crippen LogP contribution in [0.25, 0.3) is 0 Å². The molecule has 0 aliphatic carbocycles. The standard InChI is InChI=1S/C14H23BrN2O2/c1-9-5-11(6-10(2)14(9)15)17-12(8-16)7-13(18-3)19-4/h5-6,12-13,17H,7-8,16H2,1-4H3. The Kier molecular flexibility index (Phi) is 6.79. The molecule has 0 amide bonds. The van der Waals surface area contributed by atoms with Gasteiger partial charge in [-0.25, -0.2) is 0 Å². The number of benzene rings is 1. The molecule has 0 saturated heterocycles. The zero-order valence-electron chi connectivity index (χ0n) is 12.0. The van der Waals surface area contributed by atoms with Crippen molar-refractivity contribution in [1.29, 1.82) is 0 Å². The number of halogens is 1. The van der Waals surface area contributed by atoms with Gasteiger partial charge < -0.3 is 20.5 Å². The van der Waals surface area contributed by atoms with Gasteiger partial charge in [-0.05, 0) is 37.1 Å². The van der Waals surface area contributed by atoms with Gasteiger partial charge in [0.2, 0.25) is 0 Å². The zero-order chi connectivity index (χ0) is 14.4. The number of hydrogen-bond donors (Lipinski definition) is 2. The van der Waals surface area contributed by atoms with Crippen molar-refractivity contribution < 1.29 is 9.47 Å². The van der Waals surface area contributed by atoms with Gasteiger partial charge in [-0.1, -0.05) is 15.9 Å². The first-order valence-electron chi connectivity index (χ1n) is 6.30. The minimum absolute atomic E-state index is 0.116. The molecule has 1 unspecified atom stereocenters. The summed E-state index contributed by atoms with van der Waals surface area (Å²) in [6, 6.07) is 4.33. The summed E-state index contributed by atoms with van der Waals surface area (Å²) >= 11 is 3.57. The molecule has 1 atom stereocenters. The average molecular weight is 331 g/mol. The van der Waals surface area contributed by atoms with E-state index >= 15 is 0 Å². The van der Waals surface area contributed by atoms with Gasteiger partial charge in [-0.15, -0.1) is 0 Å². The van der Waals surface area contributed by atoms with Crippen molar-refractivity contribution in [3.63, 3.8) is 0 Å². The second-order valence-electron chi connectivity index (χ2n) is 4.64. The van der Waals surface area contributed by atoms with Crippen LogP contribution in [-0.4, -0.2) is 33.1 Å². The summed E-state index contributed by atoms with van der Waals surface area (Å²) in [7, 11) is 3.27. The lowest BCUT2D eigenvalue weighted by atomic mass is 10.1. The molecule has 0 aromatic heterocycles. The summed E-state index contributed by atoms with van der Waals surface area (Å²) in [6.45, 7) is 4.68. The fourth-order valence-corrected chi connectivity index (χ4v) is 2.23. The highest BCUT2D eigenvalue weighted by molar-refractivity contribution is 9.10. The first-order valence-corrected chi connectivity index (χ1v) is 7.10. The Hall–Kier alpha value is -0.620. The number of ether oxygens (including phenoxy) is 2. The van der Waals surface area contributed by atoms with Gasteiger partial charge in [0.15, 0.2) is 6.29 Å². The molecule has 1 aromatic rings. The lowest BCUT2D eigenvalue weighted by molar-refractivity contribution is -0.107. The van der Waals surface area contributed by atoms with Crippen LogP contribution < -0.4 is 11.1 Å². The smallest absolute Gasteiger partial charge is 0.158 e. The van der Waals surface area contributed by atoms with Gasteiger partial charge >= 0.3 is 0 Å². The summed E-state index contributed by atoms with van der Waals surface area (Å²) in [5, 5.41) is 3.43. The van der Waals surface area contributed by atoms with Crippen LogP contribution in [0.1, 0.15) is 17.5 Å². The lowest BCUT2D eigenvalue weighted by Crippen LogP contribution is -2.34. The van der Waals surface area contributed by atoms with Crippen LogP contribution in [0, 0.1) is 13.8 Å². The molecule has 1 aromatic carbocycles. The Balaban J connectivity index is 2.75. The van der Waals surface area contributed by atoms with Gasteiger partial charge in [0.1, 0.15) is 0 Å². The quantitative estimate of drug-likeness (QED) is 0.755. The summed E-state index contributed by atoms with van der Waals surface area (Å²) in [4.78, 5) is 0. The molecule has 1 rings (SSSR count). The molecule has 0 fully saturated rings. The van der Waals surface area contributed by atoms with E-state index < -0.39 is 0 Å². The minimum Gasteiger partial charge on any atom is -0.381 e. The van der Waals surface area contributed by atoms with Crippen molar-refractivity contribution in [2.75, 3.05) is 26.1 Å². The number of nitrogens with two attached hydrogens (primary N) is 1. The van der Waals surface area contributed by atoms with E-state index in [1.165, 1.54) is 11.1 Å². The second-order valence-corrected chi connectivity index (χ2v) is 5.43. The first kappa shape index (κ1) is 16.4. The van der Waals surface area contributed by atoms with Crippen molar-refractivity contribution in [2.45, 2.75) is 32.6 Å². The van der Waals surface area contributed by atoms with Crippen LogP contribution in [0.2, 0.25) is 0 Å². The maximum Gasteiger partial charge on any atom is 0.158 e. The van der Waals surface area contributed by atoms with E-state index in [0.717, 1.165) is 10.2 Å². The Morgan fingerprint density at radius 1 is 1.21 bits per heavy atom. The van der Waals surface area contributed by atoms with E-state index in [2.05, 4.69) is 47.2 Å². The maximum absolute atomic E-state index is 5.80. The second kappa shape index (κ2) is 7.85. The molecule has 0 bridgehead atoms. The summed E-state index contributed by atoms with van der Waals surface area (Å²) in [6.07, 6.45) is 0.469. The molecule has 4 nitrogen and oxygen atoms in total. The Morgan fingerprint density at radius 2 is 1.74 bits per heavy atom. The van der Waals surface area contributed by atoms with Gasteiger partial charge in [0.25, 0.3) is 0 Å². The average Bonchev–Trinajstić information content (AvgIpc) is 2.40. The van der Waals surface area contributed by atoms with Crippen molar-refractivity contribution in [1.82, 2.24) is 0 Å². The number of rotatable bonds is 7. The summed E-state index contributed by atoms with van der Waals surface area (Å²) in [5.41, 5.74) is 9.27. The van der Waals surface area contributed by atoms with Crippen LogP contribution in [-0.2, 0) is 9.47 Å². The van der Waals surface area contributed by atoms with E-state index in [4.69, 9.17) is 15.2 Å². The van der Waals surface area contributed by atoms with E-state index in [0.29, 0.717) is 13.0 Å². The Bertz CT molecular complexity index is 385. The fraction of sp³-hybridized carbons (Fsp3) is 0.571. The minimum atomic E-state index is -0.237. The molecule has 0 saturated carbocycles. The van der Waals surface area contributed by atoms with Crippen LogP contribution in [0.4, 0.5) is 5.69 Å². The predicted molar refractivity (Wildman–Crippen MR) is 82.5 cm³/mol. The molecule has 0 aliphatic rings.